The first-order chi connectivity index (χ1) is 17.1. The highest BCUT2D eigenvalue weighted by atomic mass is 19.1. The van der Waals surface area contributed by atoms with Crippen LogP contribution in [-0.4, -0.2) is 58.5 Å². The summed E-state index contributed by atoms with van der Waals surface area (Å²) < 4.78 is 38.2. The van der Waals surface area contributed by atoms with Crippen LogP contribution in [0.15, 0.2) is 36.4 Å². The zero-order valence-corrected chi connectivity index (χ0v) is 20.6. The van der Waals surface area contributed by atoms with Crippen molar-refractivity contribution in [2.45, 2.75) is 37.9 Å². The molecule has 6 nitrogen and oxygen atoms in total. The van der Waals surface area contributed by atoms with E-state index in [0.717, 1.165) is 63.1 Å². The number of phenols is 1. The molecular weight excluding hydrogens is 449 g/mol. The number of fused-ring (bicyclic) bond motifs is 1. The van der Waals surface area contributed by atoms with E-state index in [1.165, 1.54) is 0 Å². The van der Waals surface area contributed by atoms with E-state index in [-0.39, 0.29) is 29.7 Å². The number of hydrogen-bond acceptors (Lipinski definition) is 6. The van der Waals surface area contributed by atoms with Crippen molar-refractivity contribution in [1.82, 2.24) is 0 Å². The van der Waals surface area contributed by atoms with Crippen LogP contribution in [0.2, 0.25) is 0 Å². The van der Waals surface area contributed by atoms with Crippen molar-refractivity contribution >= 4 is 5.69 Å². The van der Waals surface area contributed by atoms with E-state index in [2.05, 4.69) is 11.0 Å². The van der Waals surface area contributed by atoms with Crippen molar-refractivity contribution in [1.29, 1.82) is 0 Å². The number of anilines is 1. The first-order valence-electron chi connectivity index (χ1n) is 12.7. The average molecular weight is 486 g/mol. The third kappa shape index (κ3) is 4.99. The minimum absolute atomic E-state index is 0.0147. The van der Waals surface area contributed by atoms with Crippen molar-refractivity contribution in [3.63, 3.8) is 0 Å². The van der Waals surface area contributed by atoms with E-state index in [1.54, 1.807) is 32.4 Å². The zero-order chi connectivity index (χ0) is 24.4. The number of halogens is 1. The molecule has 0 aromatic heterocycles. The van der Waals surface area contributed by atoms with Crippen molar-refractivity contribution in [3.05, 3.63) is 53.3 Å². The highest BCUT2D eigenvalue weighted by molar-refractivity contribution is 5.53. The number of hydrogen-bond donors (Lipinski definition) is 1. The molecule has 2 saturated heterocycles. The number of benzene rings is 2. The van der Waals surface area contributed by atoms with Crippen molar-refractivity contribution in [2.75, 3.05) is 52.0 Å². The molecular formula is C28H36FNO5. The Bertz CT molecular complexity index is 999. The van der Waals surface area contributed by atoms with Crippen LogP contribution in [0.3, 0.4) is 0 Å². The Morgan fingerprint density at radius 3 is 2.43 bits per heavy atom. The molecule has 0 spiro atoms. The van der Waals surface area contributed by atoms with Gasteiger partial charge in [-0.2, -0.15) is 0 Å². The lowest BCUT2D eigenvalue weighted by Gasteiger charge is -2.40. The quantitative estimate of drug-likeness (QED) is 0.586. The molecule has 35 heavy (non-hydrogen) atoms. The number of aromatic hydroxyl groups is 1. The van der Waals surface area contributed by atoms with Crippen molar-refractivity contribution in [2.24, 2.45) is 17.8 Å². The Morgan fingerprint density at radius 1 is 1.00 bits per heavy atom. The summed E-state index contributed by atoms with van der Waals surface area (Å²) in [5.41, 5.74) is 2.63. The van der Waals surface area contributed by atoms with Crippen molar-refractivity contribution < 1.29 is 28.4 Å². The van der Waals surface area contributed by atoms with Gasteiger partial charge in [0, 0.05) is 69.9 Å². The van der Waals surface area contributed by atoms with Gasteiger partial charge < -0.3 is 29.0 Å². The molecule has 0 radical (unpaired) electrons. The van der Waals surface area contributed by atoms with Gasteiger partial charge in [0.05, 0.1) is 12.3 Å². The van der Waals surface area contributed by atoms with Gasteiger partial charge in [0.1, 0.15) is 17.3 Å². The van der Waals surface area contributed by atoms with Crippen LogP contribution in [0, 0.1) is 23.6 Å². The monoisotopic (exact) mass is 485 g/mol. The van der Waals surface area contributed by atoms with Gasteiger partial charge in [-0.25, -0.2) is 4.39 Å². The lowest BCUT2D eigenvalue weighted by molar-refractivity contribution is -0.141. The summed E-state index contributed by atoms with van der Waals surface area (Å²) in [6, 6.07) is 11.0. The fourth-order valence-corrected chi connectivity index (χ4v) is 6.26. The van der Waals surface area contributed by atoms with Gasteiger partial charge in [0.25, 0.3) is 0 Å². The Hall–Kier alpha value is -2.35. The van der Waals surface area contributed by atoms with E-state index < -0.39 is 0 Å². The minimum Gasteiger partial charge on any atom is -0.508 e. The normalized spacial score (nSPS) is 23.8. The summed E-state index contributed by atoms with van der Waals surface area (Å²) in [5, 5.41) is 9.99. The van der Waals surface area contributed by atoms with Gasteiger partial charge in [-0.1, -0.05) is 12.1 Å². The van der Waals surface area contributed by atoms with Gasteiger partial charge in [-0.15, -0.1) is 0 Å². The smallest absolute Gasteiger partial charge is 0.159 e. The van der Waals surface area contributed by atoms with Crippen LogP contribution in [0.25, 0.3) is 0 Å². The van der Waals surface area contributed by atoms with Gasteiger partial charge in [-0.05, 0) is 55.4 Å². The molecule has 0 bridgehead atoms. The Morgan fingerprint density at radius 2 is 1.74 bits per heavy atom. The Labute approximate surface area is 206 Å². The van der Waals surface area contributed by atoms with Crippen LogP contribution in [0.4, 0.5) is 10.1 Å². The lowest BCUT2D eigenvalue weighted by atomic mass is 9.71. The molecule has 0 amide bonds. The zero-order valence-electron chi connectivity index (χ0n) is 20.6. The fourth-order valence-electron chi connectivity index (χ4n) is 6.26. The third-order valence-electron chi connectivity index (χ3n) is 8.12. The molecule has 3 heterocycles. The Kier molecular flexibility index (Phi) is 7.46. The summed E-state index contributed by atoms with van der Waals surface area (Å²) in [5.74, 6) is 1.70. The number of ether oxygens (including phenoxy) is 4. The summed E-state index contributed by atoms with van der Waals surface area (Å²) in [6.45, 7) is 3.62. The maximum atomic E-state index is 15.6. The molecule has 0 aliphatic carbocycles. The molecule has 2 aromatic rings. The maximum absolute atomic E-state index is 15.6. The number of phenolic OH excluding ortho intramolecular Hbond substituents is 1. The molecule has 3 aliphatic heterocycles. The predicted molar refractivity (Wildman–Crippen MR) is 132 cm³/mol. The van der Waals surface area contributed by atoms with Crippen LogP contribution >= 0.6 is 0 Å². The third-order valence-corrected chi connectivity index (χ3v) is 8.12. The average Bonchev–Trinajstić information content (AvgIpc) is 2.89. The molecule has 5 rings (SSSR count). The van der Waals surface area contributed by atoms with E-state index in [4.69, 9.17) is 18.9 Å². The van der Waals surface area contributed by atoms with Gasteiger partial charge >= 0.3 is 0 Å². The molecule has 7 heteroatoms. The van der Waals surface area contributed by atoms with Crippen LogP contribution < -0.4 is 9.64 Å². The van der Waals surface area contributed by atoms with E-state index in [0.29, 0.717) is 29.9 Å². The second-order valence-corrected chi connectivity index (χ2v) is 10.00. The highest BCUT2D eigenvalue weighted by Gasteiger charge is 2.38. The summed E-state index contributed by atoms with van der Waals surface area (Å²) >= 11 is 0. The first kappa shape index (κ1) is 24.3. The summed E-state index contributed by atoms with van der Waals surface area (Å²) in [7, 11) is 3.34. The van der Waals surface area contributed by atoms with Crippen LogP contribution in [0.5, 0.6) is 11.5 Å². The molecule has 190 valence electrons. The second kappa shape index (κ2) is 10.7. The number of nitrogens with zero attached hydrogens (tertiary/aromatic N) is 1. The van der Waals surface area contributed by atoms with Crippen LogP contribution in [-0.2, 0) is 14.2 Å². The summed E-state index contributed by atoms with van der Waals surface area (Å²) in [4.78, 5) is 2.13. The minimum atomic E-state index is -0.209. The maximum Gasteiger partial charge on any atom is 0.159 e. The molecule has 0 unspecified atom stereocenters. The number of methoxy groups -OCH3 is 2. The first-order valence-corrected chi connectivity index (χ1v) is 12.7. The van der Waals surface area contributed by atoms with E-state index in [9.17, 15) is 5.11 Å². The van der Waals surface area contributed by atoms with E-state index >= 15 is 4.39 Å². The Balaban J connectivity index is 1.40. The van der Waals surface area contributed by atoms with Gasteiger partial charge in [-0.3, -0.25) is 0 Å². The molecule has 2 fully saturated rings. The SMILES string of the molecule is COC(OC)C1CCN(c2ccc([C@H]3c4ccc(O)cc4OC[C@H]3C3CCOCC3)cc2F)CC1. The molecule has 3 aliphatic rings. The fraction of sp³-hybridized carbons (Fsp3) is 0.571. The van der Waals surface area contributed by atoms with Crippen LogP contribution in [0.1, 0.15) is 42.7 Å². The van der Waals surface area contributed by atoms with E-state index in [1.807, 2.05) is 12.1 Å². The standard InChI is InChI=1S/C28H36FNO5/c1-32-28(33-2)19-7-11-30(12-8-19)25-6-3-20(15-24(25)29)27-22-5-4-21(31)16-26(22)35-17-23(27)18-9-13-34-14-10-18/h3-6,15-16,18-19,23,27-28,31H,7-14,17H2,1-2H3/t23-,27-/m0/s1. The largest absolute Gasteiger partial charge is 0.508 e. The molecule has 1 N–H and O–H groups in total. The molecule has 0 saturated carbocycles. The second-order valence-electron chi connectivity index (χ2n) is 10.00. The lowest BCUT2D eigenvalue weighted by Crippen LogP contribution is -2.39. The number of rotatable bonds is 6. The molecule has 2 aromatic carbocycles. The topological polar surface area (TPSA) is 60.4 Å². The van der Waals surface area contributed by atoms with Gasteiger partial charge in [0.15, 0.2) is 6.29 Å². The van der Waals surface area contributed by atoms with Gasteiger partial charge in [0.2, 0.25) is 0 Å². The molecule has 2 atom stereocenters. The number of piperidine rings is 1. The highest BCUT2D eigenvalue weighted by Crippen LogP contribution is 2.47. The summed E-state index contributed by atoms with van der Waals surface area (Å²) in [6.07, 6.45) is 3.56. The predicted octanol–water partition coefficient (Wildman–Crippen LogP) is 4.93. The van der Waals surface area contributed by atoms with Crippen molar-refractivity contribution in [3.8, 4) is 11.5 Å².